The number of carbonyl (C=O) groups is 1. The number of hydrogen-bond donors (Lipinski definition) is 0. The molecule has 0 amide bonds. The van der Waals surface area contributed by atoms with E-state index in [0.717, 1.165) is 6.42 Å². The Hall–Kier alpha value is -0.190. The summed E-state index contributed by atoms with van der Waals surface area (Å²) in [6.07, 6.45) is -4.24. The molecule has 17 heavy (non-hydrogen) atoms. The van der Waals surface area contributed by atoms with Gasteiger partial charge in [-0.1, -0.05) is 27.7 Å². The third-order valence-corrected chi connectivity index (χ3v) is 3.72. The molecule has 0 saturated carbocycles. The van der Waals surface area contributed by atoms with Crippen LogP contribution in [0.2, 0.25) is 0 Å². The zero-order valence-electron chi connectivity index (χ0n) is 10.9. The van der Waals surface area contributed by atoms with Crippen molar-refractivity contribution in [2.24, 2.45) is 5.41 Å². The molecule has 0 radical (unpaired) electrons. The minimum absolute atomic E-state index is 0.00762. The fourth-order valence-corrected chi connectivity index (χ4v) is 2.39. The molecule has 1 atom stereocenters. The predicted octanol–water partition coefficient (Wildman–Crippen LogP) is 4.46. The molecule has 0 aromatic carbocycles. The highest BCUT2D eigenvalue weighted by Crippen LogP contribution is 2.32. The second-order valence-corrected chi connectivity index (χ2v) is 6.60. The normalized spacial score (nSPS) is 14.8. The molecule has 5 heteroatoms. The van der Waals surface area contributed by atoms with Crippen molar-refractivity contribution in [3.63, 3.8) is 0 Å². The van der Waals surface area contributed by atoms with E-state index < -0.39 is 23.3 Å². The van der Waals surface area contributed by atoms with Crippen LogP contribution in [-0.2, 0) is 4.79 Å². The van der Waals surface area contributed by atoms with Crippen LogP contribution in [-0.4, -0.2) is 23.0 Å². The second-order valence-electron chi connectivity index (χ2n) is 5.19. The minimum Gasteiger partial charge on any atom is -0.299 e. The van der Waals surface area contributed by atoms with Crippen LogP contribution in [0.3, 0.4) is 0 Å². The summed E-state index contributed by atoms with van der Waals surface area (Å²) in [6.45, 7) is 7.14. The smallest absolute Gasteiger partial charge is 0.299 e. The van der Waals surface area contributed by atoms with Crippen LogP contribution < -0.4 is 0 Å². The maximum absolute atomic E-state index is 12.4. The Kier molecular flexibility index (Phi) is 6.59. The number of carbonyl (C=O) groups excluding carboxylic acids is 1. The standard InChI is InChI=1S/C12H21F3OS/c1-5-6-17-9(8-12(13,14)15)7-10(16)11(2,3)4/h9H,5-8H2,1-4H3. The quantitative estimate of drug-likeness (QED) is 0.709. The van der Waals surface area contributed by atoms with Gasteiger partial charge in [-0.15, -0.1) is 0 Å². The third-order valence-electron chi connectivity index (χ3n) is 2.27. The number of hydrogen-bond acceptors (Lipinski definition) is 2. The van der Waals surface area contributed by atoms with Gasteiger partial charge in [-0.05, 0) is 12.2 Å². The molecule has 102 valence electrons. The molecule has 0 heterocycles. The first kappa shape index (κ1) is 16.8. The Balaban J connectivity index is 4.43. The molecule has 0 aromatic rings. The summed E-state index contributed by atoms with van der Waals surface area (Å²) in [5.74, 6) is 0.563. The van der Waals surface area contributed by atoms with Crippen LogP contribution in [0.25, 0.3) is 0 Å². The van der Waals surface area contributed by atoms with Crippen molar-refractivity contribution in [3.05, 3.63) is 0 Å². The summed E-state index contributed by atoms with van der Waals surface area (Å²) in [7, 11) is 0. The number of alkyl halides is 3. The molecule has 0 aliphatic rings. The molecule has 0 aliphatic heterocycles. The number of ketones is 1. The van der Waals surface area contributed by atoms with E-state index in [1.807, 2.05) is 6.92 Å². The van der Waals surface area contributed by atoms with E-state index in [0.29, 0.717) is 5.75 Å². The van der Waals surface area contributed by atoms with Gasteiger partial charge in [0.25, 0.3) is 0 Å². The molecule has 1 nitrogen and oxygen atoms in total. The van der Waals surface area contributed by atoms with E-state index in [9.17, 15) is 18.0 Å². The Morgan fingerprint density at radius 3 is 2.12 bits per heavy atom. The Labute approximate surface area is 106 Å². The van der Waals surface area contributed by atoms with Crippen molar-refractivity contribution in [1.29, 1.82) is 0 Å². The lowest BCUT2D eigenvalue weighted by molar-refractivity contribution is -0.137. The third kappa shape index (κ3) is 8.52. The van der Waals surface area contributed by atoms with Gasteiger partial charge in [-0.3, -0.25) is 4.79 Å². The molecule has 0 bridgehead atoms. The van der Waals surface area contributed by atoms with Gasteiger partial charge in [-0.2, -0.15) is 24.9 Å². The number of rotatable bonds is 6. The van der Waals surface area contributed by atoms with Gasteiger partial charge in [0.2, 0.25) is 0 Å². The molecule has 0 aliphatic carbocycles. The summed E-state index contributed by atoms with van der Waals surface area (Å²) in [5, 5.41) is -0.637. The van der Waals surface area contributed by atoms with Crippen molar-refractivity contribution in [2.45, 2.75) is 58.4 Å². The zero-order chi connectivity index (χ0) is 13.7. The highest BCUT2D eigenvalue weighted by molar-refractivity contribution is 7.99. The first-order valence-electron chi connectivity index (χ1n) is 5.78. The summed E-state index contributed by atoms with van der Waals surface area (Å²) in [6, 6.07) is 0. The highest BCUT2D eigenvalue weighted by atomic mass is 32.2. The van der Waals surface area contributed by atoms with Gasteiger partial charge in [0.15, 0.2) is 0 Å². The average Bonchev–Trinajstić information content (AvgIpc) is 2.10. The number of thioether (sulfide) groups is 1. The van der Waals surface area contributed by atoms with Crippen LogP contribution in [0.15, 0.2) is 0 Å². The monoisotopic (exact) mass is 270 g/mol. The molecule has 1 unspecified atom stereocenters. The number of halogens is 3. The predicted molar refractivity (Wildman–Crippen MR) is 66.3 cm³/mol. The highest BCUT2D eigenvalue weighted by Gasteiger charge is 2.34. The molecule has 0 spiro atoms. The van der Waals surface area contributed by atoms with Crippen molar-refractivity contribution in [1.82, 2.24) is 0 Å². The Morgan fingerprint density at radius 2 is 1.76 bits per heavy atom. The van der Waals surface area contributed by atoms with Crippen molar-refractivity contribution >= 4 is 17.5 Å². The first-order valence-corrected chi connectivity index (χ1v) is 6.82. The van der Waals surface area contributed by atoms with Crippen molar-refractivity contribution in [2.75, 3.05) is 5.75 Å². The van der Waals surface area contributed by atoms with E-state index >= 15 is 0 Å². The summed E-state index contributed by atoms with van der Waals surface area (Å²) >= 11 is 1.25. The van der Waals surface area contributed by atoms with E-state index in [1.54, 1.807) is 20.8 Å². The lowest BCUT2D eigenvalue weighted by atomic mass is 9.88. The van der Waals surface area contributed by atoms with E-state index in [2.05, 4.69) is 0 Å². The fraction of sp³-hybridized carbons (Fsp3) is 0.917. The summed E-state index contributed by atoms with van der Waals surface area (Å²) < 4.78 is 37.1. The van der Waals surface area contributed by atoms with Crippen LogP contribution >= 0.6 is 11.8 Å². The van der Waals surface area contributed by atoms with Crippen molar-refractivity contribution < 1.29 is 18.0 Å². The molecular formula is C12H21F3OS. The zero-order valence-corrected chi connectivity index (χ0v) is 11.7. The number of Topliss-reactive ketones (excluding diaryl/α,β-unsaturated/α-hetero) is 1. The molecule has 0 N–H and O–H groups in total. The maximum atomic E-state index is 12.4. The van der Waals surface area contributed by atoms with E-state index in [1.165, 1.54) is 11.8 Å². The molecular weight excluding hydrogens is 249 g/mol. The van der Waals surface area contributed by atoms with Gasteiger partial charge in [0.05, 0.1) is 6.42 Å². The SMILES string of the molecule is CCCSC(CC(=O)C(C)(C)C)CC(F)(F)F. The lowest BCUT2D eigenvalue weighted by Crippen LogP contribution is -2.27. The van der Waals surface area contributed by atoms with Crippen LogP contribution in [0, 0.1) is 5.41 Å². The second kappa shape index (κ2) is 6.66. The first-order chi connectivity index (χ1) is 7.56. The topological polar surface area (TPSA) is 17.1 Å². The lowest BCUT2D eigenvalue weighted by Gasteiger charge is -2.22. The van der Waals surface area contributed by atoms with Gasteiger partial charge in [0.1, 0.15) is 5.78 Å². The Morgan fingerprint density at radius 1 is 1.24 bits per heavy atom. The minimum atomic E-state index is -4.19. The summed E-state index contributed by atoms with van der Waals surface area (Å²) in [5.41, 5.74) is -0.559. The average molecular weight is 270 g/mol. The van der Waals surface area contributed by atoms with Crippen molar-refractivity contribution in [3.8, 4) is 0 Å². The molecule has 0 aromatic heterocycles. The van der Waals surface area contributed by atoms with Gasteiger partial charge < -0.3 is 0 Å². The summed E-state index contributed by atoms with van der Waals surface area (Å²) in [4.78, 5) is 11.7. The fourth-order valence-electron chi connectivity index (χ4n) is 1.25. The largest absolute Gasteiger partial charge is 0.390 e. The van der Waals surface area contributed by atoms with Gasteiger partial charge in [0, 0.05) is 17.1 Å². The molecule has 0 saturated heterocycles. The van der Waals surface area contributed by atoms with Crippen LogP contribution in [0.1, 0.15) is 47.0 Å². The van der Waals surface area contributed by atoms with E-state index in [4.69, 9.17) is 0 Å². The van der Waals surface area contributed by atoms with Crippen LogP contribution in [0.4, 0.5) is 13.2 Å². The van der Waals surface area contributed by atoms with Crippen LogP contribution in [0.5, 0.6) is 0 Å². The maximum Gasteiger partial charge on any atom is 0.390 e. The Bertz CT molecular complexity index is 243. The molecule has 0 rings (SSSR count). The molecule has 0 fully saturated rings. The van der Waals surface area contributed by atoms with Gasteiger partial charge >= 0.3 is 6.18 Å². The van der Waals surface area contributed by atoms with Gasteiger partial charge in [-0.25, -0.2) is 0 Å². The van der Waals surface area contributed by atoms with E-state index in [-0.39, 0.29) is 12.2 Å².